The first-order valence-electron chi connectivity index (χ1n) is 4.69. The zero-order chi connectivity index (χ0) is 12.3. The highest BCUT2D eigenvalue weighted by molar-refractivity contribution is 6.34. The van der Waals surface area contributed by atoms with Crippen LogP contribution in [0.1, 0.15) is 5.56 Å². The van der Waals surface area contributed by atoms with E-state index in [2.05, 4.69) is 20.2 Å². The van der Waals surface area contributed by atoms with Crippen LogP contribution in [0.4, 0.5) is 0 Å². The summed E-state index contributed by atoms with van der Waals surface area (Å²) in [5, 5.41) is 8.35. The molecule has 0 unspecified atom stereocenters. The Bertz CT molecular complexity index is 603. The lowest BCUT2D eigenvalue weighted by Crippen LogP contribution is -2.21. The fraction of sp³-hybridized carbons (Fsp3) is 0. The zero-order valence-corrected chi connectivity index (χ0v) is 9.46. The predicted octanol–water partition coefficient (Wildman–Crippen LogP) is 0.890. The van der Waals surface area contributed by atoms with Gasteiger partial charge in [-0.3, -0.25) is 0 Å². The van der Waals surface area contributed by atoms with Crippen molar-refractivity contribution in [3.8, 4) is 0 Å². The molecule has 1 heterocycles. The van der Waals surface area contributed by atoms with Gasteiger partial charge in [-0.1, -0.05) is 17.7 Å². The van der Waals surface area contributed by atoms with Crippen LogP contribution in [0.25, 0.3) is 10.9 Å². The van der Waals surface area contributed by atoms with Gasteiger partial charge in [0.25, 0.3) is 0 Å². The zero-order valence-electron chi connectivity index (χ0n) is 8.71. The lowest BCUT2D eigenvalue weighted by Gasteiger charge is -1.99. The molecule has 2 rings (SSSR count). The molecule has 0 saturated carbocycles. The van der Waals surface area contributed by atoms with Gasteiger partial charge in [-0.15, -0.1) is 5.10 Å². The Balaban J connectivity index is 2.41. The van der Waals surface area contributed by atoms with E-state index in [9.17, 15) is 0 Å². The van der Waals surface area contributed by atoms with Crippen molar-refractivity contribution < 1.29 is 0 Å². The molecule has 17 heavy (non-hydrogen) atoms. The molecule has 0 amide bonds. The number of nitrogens with two attached hydrogens (primary N) is 2. The third kappa shape index (κ3) is 2.67. The molecule has 0 fully saturated rings. The number of nitrogens with zero attached hydrogens (tertiary/aromatic N) is 4. The molecule has 4 N–H and O–H groups in total. The van der Waals surface area contributed by atoms with Gasteiger partial charge in [0.1, 0.15) is 11.5 Å². The molecule has 0 aliphatic rings. The normalized spacial score (nSPS) is 10.9. The molecule has 0 aliphatic carbocycles. The van der Waals surface area contributed by atoms with Crippen molar-refractivity contribution >= 4 is 34.7 Å². The van der Waals surface area contributed by atoms with E-state index in [1.54, 1.807) is 0 Å². The molecule has 0 aliphatic heterocycles. The van der Waals surface area contributed by atoms with Crippen molar-refractivity contribution in [3.05, 3.63) is 35.2 Å². The number of aromatic nitrogens is 2. The quantitative estimate of drug-likeness (QED) is 0.357. The molecule has 86 valence electrons. The van der Waals surface area contributed by atoms with E-state index >= 15 is 0 Å². The van der Waals surface area contributed by atoms with Crippen molar-refractivity contribution in [2.45, 2.75) is 0 Å². The Hall–Kier alpha value is -2.21. The highest BCUT2D eigenvalue weighted by Gasteiger charge is 2.01. The average molecular weight is 249 g/mol. The fourth-order valence-electron chi connectivity index (χ4n) is 1.29. The van der Waals surface area contributed by atoms with Gasteiger partial charge in [-0.05, 0) is 17.7 Å². The molecule has 0 radical (unpaired) electrons. The van der Waals surface area contributed by atoms with Crippen molar-refractivity contribution in [2.24, 2.45) is 21.7 Å². The van der Waals surface area contributed by atoms with Crippen LogP contribution >= 0.6 is 11.6 Å². The van der Waals surface area contributed by atoms with Crippen LogP contribution in [-0.4, -0.2) is 22.1 Å². The Morgan fingerprint density at radius 3 is 2.88 bits per heavy atom. The summed E-state index contributed by atoms with van der Waals surface area (Å²) in [6.45, 7) is 0. The van der Waals surface area contributed by atoms with Gasteiger partial charge in [-0.2, -0.15) is 5.10 Å². The summed E-state index contributed by atoms with van der Waals surface area (Å²) in [5.74, 6) is -0.0941. The molecule has 0 saturated heterocycles. The number of hydrogen-bond acceptors (Lipinski definition) is 4. The summed E-state index contributed by atoms with van der Waals surface area (Å²) >= 11 is 5.95. The molecule has 0 spiro atoms. The first-order chi connectivity index (χ1) is 8.16. The van der Waals surface area contributed by atoms with E-state index in [-0.39, 0.29) is 5.96 Å². The van der Waals surface area contributed by atoms with E-state index < -0.39 is 0 Å². The van der Waals surface area contributed by atoms with E-state index in [1.165, 1.54) is 12.5 Å². The Labute approximate surface area is 102 Å². The van der Waals surface area contributed by atoms with E-state index in [4.69, 9.17) is 23.1 Å². The minimum atomic E-state index is -0.0941. The third-order valence-electron chi connectivity index (χ3n) is 1.99. The first-order valence-corrected chi connectivity index (χ1v) is 5.07. The Morgan fingerprint density at radius 2 is 2.12 bits per heavy atom. The first kappa shape index (κ1) is 11.3. The second kappa shape index (κ2) is 4.75. The van der Waals surface area contributed by atoms with Crippen LogP contribution < -0.4 is 11.5 Å². The third-order valence-corrected chi connectivity index (χ3v) is 2.29. The topological polar surface area (TPSA) is 103 Å². The smallest absolute Gasteiger partial charge is 0.211 e. The van der Waals surface area contributed by atoms with Crippen molar-refractivity contribution in [1.29, 1.82) is 0 Å². The van der Waals surface area contributed by atoms with Crippen LogP contribution in [0.2, 0.25) is 5.15 Å². The number of rotatable bonds is 2. The minimum Gasteiger partial charge on any atom is -0.369 e. The number of hydrogen-bond donors (Lipinski definition) is 2. The molecule has 2 aromatic rings. The van der Waals surface area contributed by atoms with Crippen LogP contribution in [0, 0.1) is 0 Å². The molecule has 7 heteroatoms. The fourth-order valence-corrected chi connectivity index (χ4v) is 1.48. The summed E-state index contributed by atoms with van der Waals surface area (Å²) in [7, 11) is 0. The Morgan fingerprint density at radius 1 is 1.29 bits per heavy atom. The largest absolute Gasteiger partial charge is 0.369 e. The highest BCUT2D eigenvalue weighted by Crippen LogP contribution is 2.19. The molecule has 0 bridgehead atoms. The number of guanidine groups is 1. The summed E-state index contributed by atoms with van der Waals surface area (Å²) < 4.78 is 0. The van der Waals surface area contributed by atoms with Gasteiger partial charge >= 0.3 is 0 Å². The van der Waals surface area contributed by atoms with Crippen LogP contribution in [0.5, 0.6) is 0 Å². The molecule has 1 aromatic heterocycles. The van der Waals surface area contributed by atoms with Gasteiger partial charge in [0, 0.05) is 5.39 Å². The SMILES string of the molecule is NC(N)=NN=Cc1ccc2ncnc(Cl)c2c1. The van der Waals surface area contributed by atoms with Crippen molar-refractivity contribution in [3.63, 3.8) is 0 Å². The van der Waals surface area contributed by atoms with Gasteiger partial charge in [0.15, 0.2) is 0 Å². The summed E-state index contributed by atoms with van der Waals surface area (Å²) in [6.07, 6.45) is 2.93. The summed E-state index contributed by atoms with van der Waals surface area (Å²) in [4.78, 5) is 7.98. The lowest BCUT2D eigenvalue weighted by atomic mass is 10.2. The van der Waals surface area contributed by atoms with Crippen LogP contribution in [-0.2, 0) is 0 Å². The van der Waals surface area contributed by atoms with Gasteiger partial charge in [-0.25, -0.2) is 9.97 Å². The Kier molecular flexibility index (Phi) is 3.15. The molecular weight excluding hydrogens is 240 g/mol. The highest BCUT2D eigenvalue weighted by atomic mass is 35.5. The van der Waals surface area contributed by atoms with Gasteiger partial charge < -0.3 is 11.5 Å². The maximum Gasteiger partial charge on any atom is 0.211 e. The average Bonchev–Trinajstić information content (AvgIpc) is 2.30. The molecular formula is C10H9ClN6. The monoisotopic (exact) mass is 248 g/mol. The summed E-state index contributed by atoms with van der Waals surface area (Å²) in [5.41, 5.74) is 11.9. The van der Waals surface area contributed by atoms with E-state index in [0.29, 0.717) is 5.15 Å². The second-order valence-corrected chi connectivity index (χ2v) is 3.57. The minimum absolute atomic E-state index is 0.0941. The van der Waals surface area contributed by atoms with Crippen molar-refractivity contribution in [2.75, 3.05) is 0 Å². The molecule has 0 atom stereocenters. The standard InChI is InChI=1S/C10H9ClN6/c11-9-7-3-6(4-16-17-10(12)13)1-2-8(7)14-5-15-9/h1-5H,(H4,12,13,17). The lowest BCUT2D eigenvalue weighted by molar-refractivity contribution is 1.21. The van der Waals surface area contributed by atoms with E-state index in [0.717, 1.165) is 16.5 Å². The molecule has 6 nitrogen and oxygen atoms in total. The maximum atomic E-state index is 5.95. The number of fused-ring (bicyclic) bond motifs is 1. The molecule has 1 aromatic carbocycles. The van der Waals surface area contributed by atoms with Gasteiger partial charge in [0.2, 0.25) is 5.96 Å². The van der Waals surface area contributed by atoms with Crippen molar-refractivity contribution in [1.82, 2.24) is 9.97 Å². The number of halogens is 1. The maximum absolute atomic E-state index is 5.95. The summed E-state index contributed by atoms with van der Waals surface area (Å²) in [6, 6.07) is 5.46. The van der Waals surface area contributed by atoms with E-state index in [1.807, 2.05) is 18.2 Å². The second-order valence-electron chi connectivity index (χ2n) is 3.21. The van der Waals surface area contributed by atoms with Crippen LogP contribution in [0.15, 0.2) is 34.7 Å². The number of benzene rings is 1. The predicted molar refractivity (Wildman–Crippen MR) is 68.0 cm³/mol. The van der Waals surface area contributed by atoms with Gasteiger partial charge in [0.05, 0.1) is 11.7 Å². The van der Waals surface area contributed by atoms with Crippen LogP contribution in [0.3, 0.4) is 0 Å².